The van der Waals surface area contributed by atoms with Crippen LogP contribution >= 0.6 is 0 Å². The fraction of sp³-hybridized carbons (Fsp3) is 0.474. The van der Waals surface area contributed by atoms with Crippen molar-refractivity contribution >= 4 is 11.9 Å². The van der Waals surface area contributed by atoms with Crippen LogP contribution in [0.4, 0.5) is 0 Å². The van der Waals surface area contributed by atoms with Gasteiger partial charge in [0.2, 0.25) is 0 Å². The van der Waals surface area contributed by atoms with E-state index in [9.17, 15) is 9.59 Å². The number of hydrogen-bond acceptors (Lipinski definition) is 4. The van der Waals surface area contributed by atoms with Gasteiger partial charge in [-0.2, -0.15) is 0 Å². The van der Waals surface area contributed by atoms with Crippen LogP contribution in [-0.2, 0) is 20.7 Å². The fourth-order valence-corrected chi connectivity index (χ4v) is 2.17. The smallest absolute Gasteiger partial charge is 0.337 e. The predicted octanol–water partition coefficient (Wildman–Crippen LogP) is 4.09. The zero-order valence-electron chi connectivity index (χ0n) is 14.1. The van der Waals surface area contributed by atoms with Gasteiger partial charge in [-0.15, -0.1) is 0 Å². The molecule has 4 heteroatoms. The van der Waals surface area contributed by atoms with Crippen molar-refractivity contribution in [3.63, 3.8) is 0 Å². The van der Waals surface area contributed by atoms with Crippen LogP contribution in [0.15, 0.2) is 36.4 Å². The number of carbonyl (C=O) groups excluding carboxylic acids is 2. The van der Waals surface area contributed by atoms with Crippen LogP contribution in [0.3, 0.4) is 0 Å². The first-order valence-corrected chi connectivity index (χ1v) is 8.04. The van der Waals surface area contributed by atoms with E-state index < -0.39 is 0 Å². The van der Waals surface area contributed by atoms with Crippen LogP contribution in [-0.4, -0.2) is 25.7 Å². The maximum Gasteiger partial charge on any atom is 0.337 e. The summed E-state index contributed by atoms with van der Waals surface area (Å²) in [4.78, 5) is 22.5. The van der Waals surface area contributed by atoms with Gasteiger partial charge < -0.3 is 9.47 Å². The van der Waals surface area contributed by atoms with E-state index in [1.54, 1.807) is 19.1 Å². The van der Waals surface area contributed by atoms with Gasteiger partial charge in [-0.25, -0.2) is 9.59 Å². The Labute approximate surface area is 138 Å². The van der Waals surface area contributed by atoms with Crippen molar-refractivity contribution in [2.24, 2.45) is 0 Å². The van der Waals surface area contributed by atoms with Crippen LogP contribution in [0, 0.1) is 0 Å². The second-order valence-electron chi connectivity index (χ2n) is 5.62. The minimum Gasteiger partial charge on any atom is -0.465 e. The topological polar surface area (TPSA) is 52.6 Å². The average molecular weight is 318 g/mol. The van der Waals surface area contributed by atoms with Crippen molar-refractivity contribution in [3.05, 3.63) is 47.5 Å². The summed E-state index contributed by atoms with van der Waals surface area (Å²) in [5, 5.41) is 0. The summed E-state index contributed by atoms with van der Waals surface area (Å²) in [5.74, 6) is -0.607. The van der Waals surface area contributed by atoms with Gasteiger partial charge in [-0.1, -0.05) is 38.0 Å². The molecule has 126 valence electrons. The molecular formula is C19H26O4. The molecule has 0 aromatic heterocycles. The number of methoxy groups -OCH3 is 1. The Morgan fingerprint density at radius 2 is 1.61 bits per heavy atom. The largest absolute Gasteiger partial charge is 0.465 e. The average Bonchev–Trinajstić information content (AvgIpc) is 2.56. The Bertz CT molecular complexity index is 517. The summed E-state index contributed by atoms with van der Waals surface area (Å²) in [6.07, 6.45) is 6.35. The van der Waals surface area contributed by atoms with E-state index in [2.05, 4.69) is 11.3 Å². The lowest BCUT2D eigenvalue weighted by molar-refractivity contribution is -0.139. The normalized spacial score (nSPS) is 10.2. The number of hydrogen-bond donors (Lipinski definition) is 0. The quantitative estimate of drug-likeness (QED) is 0.370. The first-order valence-electron chi connectivity index (χ1n) is 8.04. The Balaban J connectivity index is 2.08. The van der Waals surface area contributed by atoms with Crippen LogP contribution < -0.4 is 0 Å². The monoisotopic (exact) mass is 318 g/mol. The summed E-state index contributed by atoms with van der Waals surface area (Å²) in [6.45, 7) is 5.67. The minimum atomic E-state index is -0.305. The van der Waals surface area contributed by atoms with Gasteiger partial charge in [-0.05, 0) is 43.9 Å². The highest BCUT2D eigenvalue weighted by Gasteiger charge is 2.04. The highest BCUT2D eigenvalue weighted by Crippen LogP contribution is 2.11. The van der Waals surface area contributed by atoms with Gasteiger partial charge >= 0.3 is 11.9 Å². The molecule has 0 fully saturated rings. The molecule has 0 N–H and O–H groups in total. The molecule has 0 amide bonds. The van der Waals surface area contributed by atoms with Crippen LogP contribution in [0.5, 0.6) is 0 Å². The third-order valence-electron chi connectivity index (χ3n) is 3.57. The first-order chi connectivity index (χ1) is 11.0. The molecule has 1 aromatic rings. The number of carbonyl (C=O) groups is 2. The molecule has 0 atom stereocenters. The van der Waals surface area contributed by atoms with E-state index in [1.165, 1.54) is 12.7 Å². The Hall–Kier alpha value is -2.10. The number of esters is 2. The summed E-state index contributed by atoms with van der Waals surface area (Å²) in [5.41, 5.74) is 2.26. The van der Waals surface area contributed by atoms with Crippen molar-refractivity contribution in [2.45, 2.75) is 45.4 Å². The van der Waals surface area contributed by atoms with Crippen LogP contribution in [0.1, 0.15) is 54.9 Å². The van der Waals surface area contributed by atoms with Crippen LogP contribution in [0.2, 0.25) is 0 Å². The molecule has 1 aromatic carbocycles. The Morgan fingerprint density at radius 3 is 2.22 bits per heavy atom. The van der Waals surface area contributed by atoms with Crippen molar-refractivity contribution in [1.29, 1.82) is 0 Å². The molecule has 0 spiro atoms. The zero-order valence-corrected chi connectivity index (χ0v) is 14.1. The third-order valence-corrected chi connectivity index (χ3v) is 3.57. The third kappa shape index (κ3) is 7.63. The molecule has 23 heavy (non-hydrogen) atoms. The minimum absolute atomic E-state index is 0.302. The van der Waals surface area contributed by atoms with Gasteiger partial charge in [0, 0.05) is 5.57 Å². The SMILES string of the molecule is C=C(C)C(=O)OCCCCCCCc1ccc(C(=O)OC)cc1. The summed E-state index contributed by atoms with van der Waals surface area (Å²) in [6, 6.07) is 7.56. The molecule has 0 radical (unpaired) electrons. The summed E-state index contributed by atoms with van der Waals surface area (Å²) < 4.78 is 9.72. The van der Waals surface area contributed by atoms with E-state index in [0.717, 1.165) is 38.5 Å². The Morgan fingerprint density at radius 1 is 1.00 bits per heavy atom. The molecule has 0 aliphatic rings. The van der Waals surface area contributed by atoms with E-state index in [4.69, 9.17) is 4.74 Å². The van der Waals surface area contributed by atoms with Gasteiger partial charge in [0.1, 0.15) is 0 Å². The highest BCUT2D eigenvalue weighted by atomic mass is 16.5. The lowest BCUT2D eigenvalue weighted by atomic mass is 10.0. The lowest BCUT2D eigenvalue weighted by Gasteiger charge is -2.05. The molecule has 0 bridgehead atoms. The second kappa shape index (κ2) is 10.6. The van der Waals surface area contributed by atoms with Gasteiger partial charge in [0.25, 0.3) is 0 Å². The fourth-order valence-electron chi connectivity index (χ4n) is 2.17. The Kier molecular flexibility index (Phi) is 8.73. The lowest BCUT2D eigenvalue weighted by Crippen LogP contribution is -2.06. The molecule has 0 unspecified atom stereocenters. The predicted molar refractivity (Wildman–Crippen MR) is 90.3 cm³/mol. The summed E-state index contributed by atoms with van der Waals surface area (Å²) >= 11 is 0. The molecule has 0 saturated carbocycles. The number of benzene rings is 1. The van der Waals surface area contributed by atoms with Crippen molar-refractivity contribution in [1.82, 2.24) is 0 Å². The molecule has 0 aliphatic carbocycles. The highest BCUT2D eigenvalue weighted by molar-refractivity contribution is 5.89. The number of unbranched alkanes of at least 4 members (excludes halogenated alkanes) is 4. The maximum absolute atomic E-state index is 11.3. The molecule has 0 heterocycles. The van der Waals surface area contributed by atoms with Crippen molar-refractivity contribution in [3.8, 4) is 0 Å². The van der Waals surface area contributed by atoms with E-state index in [-0.39, 0.29) is 11.9 Å². The number of aryl methyl sites for hydroxylation is 1. The van der Waals surface area contributed by atoms with Crippen molar-refractivity contribution < 1.29 is 19.1 Å². The van der Waals surface area contributed by atoms with E-state index >= 15 is 0 Å². The van der Waals surface area contributed by atoms with Crippen LogP contribution in [0.25, 0.3) is 0 Å². The molecule has 1 rings (SSSR count). The van der Waals surface area contributed by atoms with Crippen molar-refractivity contribution in [2.75, 3.05) is 13.7 Å². The number of rotatable bonds is 10. The first kappa shape index (κ1) is 18.9. The van der Waals surface area contributed by atoms with E-state index in [1.807, 2.05) is 12.1 Å². The number of ether oxygens (including phenoxy) is 2. The second-order valence-corrected chi connectivity index (χ2v) is 5.62. The van der Waals surface area contributed by atoms with Gasteiger partial charge in [0.05, 0.1) is 19.3 Å². The van der Waals surface area contributed by atoms with Gasteiger partial charge in [0.15, 0.2) is 0 Å². The molecule has 4 nitrogen and oxygen atoms in total. The molecule has 0 aliphatic heterocycles. The molecular weight excluding hydrogens is 292 g/mol. The summed E-state index contributed by atoms with van der Waals surface area (Å²) in [7, 11) is 1.38. The van der Waals surface area contributed by atoms with Gasteiger partial charge in [-0.3, -0.25) is 0 Å². The molecule has 0 saturated heterocycles. The zero-order chi connectivity index (χ0) is 17.1. The standard InChI is InChI=1S/C19H26O4/c1-15(2)18(20)23-14-8-6-4-5-7-9-16-10-12-17(13-11-16)19(21)22-3/h10-13H,1,4-9,14H2,2-3H3. The maximum atomic E-state index is 11.3. The van der Waals surface area contributed by atoms with E-state index in [0.29, 0.717) is 17.7 Å².